The van der Waals surface area contributed by atoms with Gasteiger partial charge in [0, 0.05) is 16.8 Å². The van der Waals surface area contributed by atoms with Crippen LogP contribution in [0.4, 0.5) is 5.69 Å². The molecule has 0 aliphatic heterocycles. The summed E-state index contributed by atoms with van der Waals surface area (Å²) in [5.74, 6) is 0.553. The maximum Gasteiger partial charge on any atom is 0.248 e. The largest absolute Gasteiger partial charge is 0.322 e. The summed E-state index contributed by atoms with van der Waals surface area (Å²) in [7, 11) is 0. The van der Waals surface area contributed by atoms with Gasteiger partial charge in [0.15, 0.2) is 0 Å². The normalized spacial score (nSPS) is 11.5. The number of nitrogens with one attached hydrogen (secondary N) is 1. The Hall–Kier alpha value is -2.06. The minimum atomic E-state index is -0.134. The van der Waals surface area contributed by atoms with Gasteiger partial charge >= 0.3 is 0 Å². The van der Waals surface area contributed by atoms with Crippen molar-refractivity contribution >= 4 is 29.3 Å². The van der Waals surface area contributed by atoms with Gasteiger partial charge in [-0.25, -0.2) is 0 Å². The summed E-state index contributed by atoms with van der Waals surface area (Å²) in [6, 6.07) is 13.6. The topological polar surface area (TPSA) is 29.1 Å². The van der Waals surface area contributed by atoms with Crippen molar-refractivity contribution in [2.45, 2.75) is 39.5 Å². The third-order valence-electron chi connectivity index (χ3n) is 3.90. The highest BCUT2D eigenvalue weighted by Gasteiger charge is 2.14. The molecule has 0 saturated heterocycles. The van der Waals surface area contributed by atoms with Crippen molar-refractivity contribution in [3.05, 3.63) is 70.3 Å². The molecule has 0 unspecified atom stereocenters. The van der Waals surface area contributed by atoms with E-state index in [1.165, 1.54) is 0 Å². The Balaban J connectivity index is 2.25. The quantitative estimate of drug-likeness (QED) is 0.641. The van der Waals surface area contributed by atoms with Crippen LogP contribution in [0.5, 0.6) is 0 Å². The smallest absolute Gasteiger partial charge is 0.248 e. The van der Waals surface area contributed by atoms with Crippen molar-refractivity contribution in [2.24, 2.45) is 0 Å². The van der Waals surface area contributed by atoms with Crippen LogP contribution in [0, 0.1) is 0 Å². The van der Waals surface area contributed by atoms with Gasteiger partial charge in [-0.1, -0.05) is 69.6 Å². The molecule has 0 heterocycles. The van der Waals surface area contributed by atoms with Gasteiger partial charge in [0.05, 0.1) is 0 Å². The van der Waals surface area contributed by atoms with Crippen molar-refractivity contribution in [3.8, 4) is 0 Å². The number of rotatable bonds is 5. The van der Waals surface area contributed by atoms with Gasteiger partial charge in [0.1, 0.15) is 0 Å². The fourth-order valence-corrected chi connectivity index (χ4v) is 2.84. The third-order valence-corrected chi connectivity index (χ3v) is 4.13. The predicted molar refractivity (Wildman–Crippen MR) is 104 cm³/mol. The van der Waals surface area contributed by atoms with Crippen LogP contribution in [0.25, 0.3) is 6.08 Å². The number of carbonyl (C=O) groups is 1. The average molecular weight is 342 g/mol. The molecular formula is C21H24ClNO. The molecule has 1 amide bonds. The maximum absolute atomic E-state index is 12.4. The Kier molecular flexibility index (Phi) is 6.22. The van der Waals surface area contributed by atoms with Gasteiger partial charge in [-0.3, -0.25) is 4.79 Å². The van der Waals surface area contributed by atoms with Gasteiger partial charge < -0.3 is 5.32 Å². The summed E-state index contributed by atoms with van der Waals surface area (Å²) in [5.41, 5.74) is 4.15. The number of hydrogen-bond donors (Lipinski definition) is 1. The first-order chi connectivity index (χ1) is 11.4. The van der Waals surface area contributed by atoms with Crippen LogP contribution >= 0.6 is 11.6 Å². The van der Waals surface area contributed by atoms with Crippen LogP contribution in [-0.2, 0) is 4.79 Å². The predicted octanol–water partition coefficient (Wildman–Crippen LogP) is 6.24. The Bertz CT molecular complexity index is 721. The van der Waals surface area contributed by atoms with Crippen molar-refractivity contribution in [1.29, 1.82) is 0 Å². The second kappa shape index (κ2) is 8.16. The molecule has 0 bridgehead atoms. The highest BCUT2D eigenvalue weighted by atomic mass is 35.5. The van der Waals surface area contributed by atoms with E-state index in [0.29, 0.717) is 16.9 Å². The van der Waals surface area contributed by atoms with E-state index in [9.17, 15) is 4.79 Å². The highest BCUT2D eigenvalue weighted by molar-refractivity contribution is 6.30. The number of hydrogen-bond acceptors (Lipinski definition) is 1. The lowest BCUT2D eigenvalue weighted by atomic mass is 9.92. The Labute approximate surface area is 149 Å². The van der Waals surface area contributed by atoms with E-state index in [4.69, 9.17) is 11.6 Å². The van der Waals surface area contributed by atoms with Gasteiger partial charge in [0.2, 0.25) is 5.91 Å². The molecule has 0 aromatic heterocycles. The second-order valence-corrected chi connectivity index (χ2v) is 6.93. The molecule has 0 aliphatic carbocycles. The lowest BCUT2D eigenvalue weighted by molar-refractivity contribution is -0.111. The van der Waals surface area contributed by atoms with Gasteiger partial charge in [-0.15, -0.1) is 0 Å². The van der Waals surface area contributed by atoms with Crippen LogP contribution in [0.2, 0.25) is 5.02 Å². The minimum absolute atomic E-state index is 0.134. The first-order valence-electron chi connectivity index (χ1n) is 8.26. The van der Waals surface area contributed by atoms with E-state index in [-0.39, 0.29) is 5.91 Å². The van der Waals surface area contributed by atoms with E-state index < -0.39 is 0 Å². The Morgan fingerprint density at radius 1 is 1.00 bits per heavy atom. The van der Waals surface area contributed by atoms with E-state index in [1.807, 2.05) is 24.3 Å². The first kappa shape index (κ1) is 18.3. The SMILES string of the molecule is CC(C)c1cccc(C(C)C)c1NC(=O)C=Cc1cccc(Cl)c1. The molecule has 2 aromatic rings. The summed E-state index contributed by atoms with van der Waals surface area (Å²) in [6.07, 6.45) is 3.32. The molecule has 1 N–H and O–H groups in total. The molecule has 2 aromatic carbocycles. The molecule has 0 aliphatic rings. The highest BCUT2D eigenvalue weighted by Crippen LogP contribution is 2.32. The monoisotopic (exact) mass is 341 g/mol. The van der Waals surface area contributed by atoms with Crippen molar-refractivity contribution in [1.82, 2.24) is 0 Å². The molecule has 2 nitrogen and oxygen atoms in total. The second-order valence-electron chi connectivity index (χ2n) is 6.50. The zero-order chi connectivity index (χ0) is 17.7. The minimum Gasteiger partial charge on any atom is -0.322 e. The molecule has 0 radical (unpaired) electrons. The molecule has 0 saturated carbocycles. The Morgan fingerprint density at radius 2 is 1.58 bits per heavy atom. The van der Waals surface area contributed by atoms with Crippen LogP contribution in [0.15, 0.2) is 48.5 Å². The van der Waals surface area contributed by atoms with Crippen LogP contribution in [0.3, 0.4) is 0 Å². The van der Waals surface area contributed by atoms with E-state index >= 15 is 0 Å². The first-order valence-corrected chi connectivity index (χ1v) is 8.63. The summed E-state index contributed by atoms with van der Waals surface area (Å²) in [6.45, 7) is 8.54. The van der Waals surface area contributed by atoms with Gasteiger partial charge in [-0.2, -0.15) is 0 Å². The van der Waals surface area contributed by atoms with Gasteiger partial charge in [0.25, 0.3) is 0 Å². The van der Waals surface area contributed by atoms with Gasteiger partial charge in [-0.05, 0) is 46.7 Å². The number of halogens is 1. The lowest BCUT2D eigenvalue weighted by Crippen LogP contribution is -2.13. The zero-order valence-corrected chi connectivity index (χ0v) is 15.4. The molecule has 3 heteroatoms. The standard InChI is InChI=1S/C21H24ClNO/c1-14(2)18-9-6-10-19(15(3)4)21(18)23-20(24)12-11-16-7-5-8-17(22)13-16/h5-15H,1-4H3,(H,23,24). The fourth-order valence-electron chi connectivity index (χ4n) is 2.64. The zero-order valence-electron chi connectivity index (χ0n) is 14.6. The molecule has 0 atom stereocenters. The van der Waals surface area contributed by atoms with Crippen molar-refractivity contribution < 1.29 is 4.79 Å². The molecule has 2 rings (SSSR count). The maximum atomic E-state index is 12.4. The van der Waals surface area contributed by atoms with Crippen LogP contribution in [-0.4, -0.2) is 5.91 Å². The van der Waals surface area contributed by atoms with Crippen LogP contribution < -0.4 is 5.32 Å². The van der Waals surface area contributed by atoms with E-state index in [2.05, 4.69) is 51.2 Å². The summed E-state index contributed by atoms with van der Waals surface area (Å²) in [5, 5.41) is 3.73. The van der Waals surface area contributed by atoms with E-state index in [0.717, 1.165) is 22.4 Å². The van der Waals surface area contributed by atoms with Crippen molar-refractivity contribution in [3.63, 3.8) is 0 Å². The fraction of sp³-hybridized carbons (Fsp3) is 0.286. The summed E-state index contributed by atoms with van der Waals surface area (Å²) in [4.78, 5) is 12.4. The summed E-state index contributed by atoms with van der Waals surface area (Å²) >= 11 is 5.97. The summed E-state index contributed by atoms with van der Waals surface area (Å²) < 4.78 is 0. The lowest BCUT2D eigenvalue weighted by Gasteiger charge is -2.19. The van der Waals surface area contributed by atoms with Crippen molar-refractivity contribution in [2.75, 3.05) is 5.32 Å². The number of benzene rings is 2. The number of anilines is 1. The molecule has 24 heavy (non-hydrogen) atoms. The number of carbonyl (C=O) groups excluding carboxylic acids is 1. The molecular weight excluding hydrogens is 318 g/mol. The Morgan fingerprint density at radius 3 is 2.12 bits per heavy atom. The van der Waals surface area contributed by atoms with Crippen LogP contribution in [0.1, 0.15) is 56.2 Å². The average Bonchev–Trinajstić information content (AvgIpc) is 2.52. The molecule has 0 spiro atoms. The molecule has 126 valence electrons. The third kappa shape index (κ3) is 4.72. The molecule has 0 fully saturated rings. The van der Waals surface area contributed by atoms with E-state index in [1.54, 1.807) is 12.2 Å². The number of amides is 1. The number of para-hydroxylation sites is 1.